The fourth-order valence-electron chi connectivity index (χ4n) is 1.53. The molecule has 2 atom stereocenters. The summed E-state index contributed by atoms with van der Waals surface area (Å²) >= 11 is 5.76. The van der Waals surface area contributed by atoms with E-state index >= 15 is 0 Å². The minimum absolute atomic E-state index is 0.325. The van der Waals surface area contributed by atoms with E-state index in [9.17, 15) is 4.79 Å². The maximum atomic E-state index is 11.1. The number of halogens is 1. The Morgan fingerprint density at radius 2 is 2.00 bits per heavy atom. The first-order valence-electron chi connectivity index (χ1n) is 5.00. The minimum Gasteiger partial charge on any atom is -0.480 e. The van der Waals surface area contributed by atoms with Crippen molar-refractivity contribution in [2.24, 2.45) is 5.73 Å². The molecule has 1 rings (SSSR count). The Kier molecular flexibility index (Phi) is 4.34. The first-order valence-corrected chi connectivity index (χ1v) is 5.38. The van der Waals surface area contributed by atoms with Gasteiger partial charge < -0.3 is 16.2 Å². The van der Waals surface area contributed by atoms with Crippen molar-refractivity contribution in [2.75, 3.05) is 0 Å². The van der Waals surface area contributed by atoms with Crippen molar-refractivity contribution in [2.45, 2.75) is 18.9 Å². The molecule has 5 nitrogen and oxygen atoms in total. The lowest BCUT2D eigenvalue weighted by atomic mass is 9.93. The molecule has 17 heavy (non-hydrogen) atoms. The van der Waals surface area contributed by atoms with Crippen LogP contribution in [0.5, 0.6) is 0 Å². The maximum absolute atomic E-state index is 11.1. The lowest BCUT2D eigenvalue weighted by molar-refractivity contribution is -0.139. The van der Waals surface area contributed by atoms with Crippen molar-refractivity contribution in [3.63, 3.8) is 0 Å². The zero-order chi connectivity index (χ0) is 13.0. The van der Waals surface area contributed by atoms with Gasteiger partial charge in [0.15, 0.2) is 5.96 Å². The zero-order valence-corrected chi connectivity index (χ0v) is 10.0. The van der Waals surface area contributed by atoms with Crippen LogP contribution in [0, 0.1) is 5.41 Å². The molecule has 0 heterocycles. The molecule has 0 aliphatic carbocycles. The van der Waals surface area contributed by atoms with Gasteiger partial charge in [0.25, 0.3) is 0 Å². The van der Waals surface area contributed by atoms with Crippen molar-refractivity contribution in [3.05, 3.63) is 34.9 Å². The summed E-state index contributed by atoms with van der Waals surface area (Å²) in [4.78, 5) is 11.1. The van der Waals surface area contributed by atoms with Gasteiger partial charge in [0.2, 0.25) is 0 Å². The Morgan fingerprint density at radius 1 is 1.47 bits per heavy atom. The van der Waals surface area contributed by atoms with E-state index in [-0.39, 0.29) is 11.9 Å². The molecule has 0 bridgehead atoms. The number of rotatable bonds is 4. The van der Waals surface area contributed by atoms with Gasteiger partial charge in [-0.15, -0.1) is 0 Å². The van der Waals surface area contributed by atoms with Gasteiger partial charge in [-0.25, -0.2) is 4.79 Å². The van der Waals surface area contributed by atoms with Crippen LogP contribution in [0.1, 0.15) is 18.4 Å². The molecule has 5 N–H and O–H groups in total. The van der Waals surface area contributed by atoms with Crippen LogP contribution in [0.3, 0.4) is 0 Å². The van der Waals surface area contributed by atoms with Crippen LogP contribution in [-0.4, -0.2) is 23.1 Å². The van der Waals surface area contributed by atoms with E-state index in [0.29, 0.717) is 5.02 Å². The number of nitrogens with one attached hydrogen (secondary N) is 2. The predicted octanol–water partition coefficient (Wildman–Crippen LogP) is 1.38. The second kappa shape index (κ2) is 5.54. The first kappa shape index (κ1) is 13.3. The molecular formula is C11H14ClN3O2. The Morgan fingerprint density at radius 3 is 2.41 bits per heavy atom. The third-order valence-corrected chi connectivity index (χ3v) is 2.72. The van der Waals surface area contributed by atoms with Crippen LogP contribution in [0.2, 0.25) is 5.02 Å². The number of aliphatic carboxylic acids is 1. The summed E-state index contributed by atoms with van der Waals surface area (Å²) in [5.74, 6) is -1.74. The Labute approximate surface area is 104 Å². The third kappa shape index (κ3) is 3.64. The molecule has 2 unspecified atom stereocenters. The van der Waals surface area contributed by atoms with Crippen molar-refractivity contribution in [1.29, 1.82) is 5.41 Å². The smallest absolute Gasteiger partial charge is 0.326 e. The second-order valence-corrected chi connectivity index (χ2v) is 4.15. The van der Waals surface area contributed by atoms with Crippen LogP contribution in [-0.2, 0) is 4.79 Å². The van der Waals surface area contributed by atoms with E-state index in [4.69, 9.17) is 27.9 Å². The molecule has 0 fully saturated rings. The van der Waals surface area contributed by atoms with Crippen LogP contribution in [0.15, 0.2) is 24.3 Å². The SMILES string of the molecule is CC(c1ccc(Cl)cc1)C(NC(=N)N)C(=O)O. The van der Waals surface area contributed by atoms with E-state index < -0.39 is 12.0 Å². The van der Waals surface area contributed by atoms with Gasteiger partial charge in [-0.2, -0.15) is 0 Å². The summed E-state index contributed by atoms with van der Waals surface area (Å²) in [5, 5.41) is 19.2. The van der Waals surface area contributed by atoms with Gasteiger partial charge in [-0.1, -0.05) is 30.7 Å². The molecular weight excluding hydrogens is 242 g/mol. The van der Waals surface area contributed by atoms with Crippen LogP contribution in [0.25, 0.3) is 0 Å². The Hall–Kier alpha value is -1.75. The van der Waals surface area contributed by atoms with E-state index in [1.165, 1.54) is 0 Å². The van der Waals surface area contributed by atoms with Gasteiger partial charge in [-0.3, -0.25) is 5.41 Å². The summed E-state index contributed by atoms with van der Waals surface area (Å²) in [5.41, 5.74) is 5.97. The van der Waals surface area contributed by atoms with E-state index in [1.54, 1.807) is 31.2 Å². The number of carboxylic acids is 1. The summed E-state index contributed by atoms with van der Waals surface area (Å²) in [7, 11) is 0. The van der Waals surface area contributed by atoms with Crippen molar-refractivity contribution < 1.29 is 9.90 Å². The average Bonchev–Trinajstić information content (AvgIpc) is 2.25. The topological polar surface area (TPSA) is 99.2 Å². The molecule has 0 aliphatic heterocycles. The summed E-state index contributed by atoms with van der Waals surface area (Å²) < 4.78 is 0. The Bertz CT molecular complexity index is 419. The largest absolute Gasteiger partial charge is 0.480 e. The van der Waals surface area contributed by atoms with Gasteiger partial charge in [0.05, 0.1) is 0 Å². The fraction of sp³-hybridized carbons (Fsp3) is 0.273. The summed E-state index contributed by atoms with van der Waals surface area (Å²) in [6, 6.07) is 5.96. The molecule has 0 saturated heterocycles. The van der Waals surface area contributed by atoms with Gasteiger partial charge in [-0.05, 0) is 17.7 Å². The summed E-state index contributed by atoms with van der Waals surface area (Å²) in [6.07, 6.45) is 0. The molecule has 1 aromatic rings. The fourth-order valence-corrected chi connectivity index (χ4v) is 1.65. The number of hydrogen-bond donors (Lipinski definition) is 4. The minimum atomic E-state index is -1.05. The number of guanidine groups is 1. The average molecular weight is 256 g/mol. The number of nitrogens with two attached hydrogens (primary N) is 1. The molecule has 0 saturated carbocycles. The van der Waals surface area contributed by atoms with Gasteiger partial charge >= 0.3 is 5.97 Å². The number of benzene rings is 1. The highest BCUT2D eigenvalue weighted by atomic mass is 35.5. The number of carbonyl (C=O) groups is 1. The molecule has 0 radical (unpaired) electrons. The molecule has 92 valence electrons. The highest BCUT2D eigenvalue weighted by Gasteiger charge is 2.26. The van der Waals surface area contributed by atoms with Crippen LogP contribution in [0.4, 0.5) is 0 Å². The monoisotopic (exact) mass is 255 g/mol. The van der Waals surface area contributed by atoms with Crippen molar-refractivity contribution in [1.82, 2.24) is 5.32 Å². The van der Waals surface area contributed by atoms with Crippen LogP contribution < -0.4 is 11.1 Å². The van der Waals surface area contributed by atoms with Gasteiger partial charge in [0, 0.05) is 10.9 Å². The van der Waals surface area contributed by atoms with Crippen molar-refractivity contribution >= 4 is 23.5 Å². The third-order valence-electron chi connectivity index (χ3n) is 2.47. The molecule has 1 aromatic carbocycles. The highest BCUT2D eigenvalue weighted by molar-refractivity contribution is 6.30. The van der Waals surface area contributed by atoms with Gasteiger partial charge in [0.1, 0.15) is 6.04 Å². The molecule has 0 aliphatic rings. The Balaban J connectivity index is 2.91. The first-order chi connectivity index (χ1) is 7.91. The standard InChI is InChI=1S/C11H14ClN3O2/c1-6(7-2-4-8(12)5-3-7)9(10(16)17)15-11(13)14/h2-6,9H,1H3,(H,16,17)(H4,13,14,15). The molecule has 0 amide bonds. The number of carboxylic acid groups (broad SMARTS) is 1. The predicted molar refractivity (Wildman–Crippen MR) is 66.3 cm³/mol. The van der Waals surface area contributed by atoms with Crippen LogP contribution >= 0.6 is 11.6 Å². The van der Waals surface area contributed by atoms with E-state index in [1.807, 2.05) is 0 Å². The van der Waals surface area contributed by atoms with Crippen molar-refractivity contribution in [3.8, 4) is 0 Å². The molecule has 0 spiro atoms. The molecule has 0 aromatic heterocycles. The highest BCUT2D eigenvalue weighted by Crippen LogP contribution is 2.21. The normalized spacial score (nSPS) is 13.8. The maximum Gasteiger partial charge on any atom is 0.326 e. The second-order valence-electron chi connectivity index (χ2n) is 3.71. The molecule has 6 heteroatoms. The lowest BCUT2D eigenvalue weighted by Crippen LogP contribution is -2.46. The summed E-state index contributed by atoms with van der Waals surface area (Å²) in [6.45, 7) is 1.75. The zero-order valence-electron chi connectivity index (χ0n) is 9.27. The van der Waals surface area contributed by atoms with E-state index in [2.05, 4.69) is 5.32 Å². The quantitative estimate of drug-likeness (QED) is 0.482. The lowest BCUT2D eigenvalue weighted by Gasteiger charge is -2.21. The van der Waals surface area contributed by atoms with E-state index in [0.717, 1.165) is 5.56 Å². The number of hydrogen-bond acceptors (Lipinski definition) is 2.